The van der Waals surface area contributed by atoms with Crippen molar-refractivity contribution in [2.75, 3.05) is 12.3 Å². The lowest BCUT2D eigenvalue weighted by Gasteiger charge is -2.11. The molecule has 0 radical (unpaired) electrons. The Balaban J connectivity index is 1.60. The standard InChI is InChI=1S/C25H27N3O/c1-17-5-12-21-22(16-17)28-25(26)24-23(21)20(13-14-27-24)11-10-19-8-6-18(7-9-19)4-2-3-15-29/h5-9,12-14,16,29H,2-4,10-11,15H2,1H3,(H2,26,28). The number of aromatic nitrogens is 2. The maximum absolute atomic E-state index is 8.92. The van der Waals surface area contributed by atoms with Gasteiger partial charge < -0.3 is 10.8 Å². The molecule has 2 aromatic carbocycles. The maximum atomic E-state index is 8.92. The van der Waals surface area contributed by atoms with Crippen LogP contribution >= 0.6 is 0 Å². The monoisotopic (exact) mass is 385 g/mol. The zero-order chi connectivity index (χ0) is 20.2. The van der Waals surface area contributed by atoms with Crippen molar-refractivity contribution >= 4 is 27.6 Å². The summed E-state index contributed by atoms with van der Waals surface area (Å²) in [4.78, 5) is 9.07. The van der Waals surface area contributed by atoms with Gasteiger partial charge in [0.1, 0.15) is 5.52 Å². The number of hydrogen-bond acceptors (Lipinski definition) is 4. The summed E-state index contributed by atoms with van der Waals surface area (Å²) in [6, 6.07) is 17.3. The summed E-state index contributed by atoms with van der Waals surface area (Å²) in [5.74, 6) is 0.493. The number of fused-ring (bicyclic) bond motifs is 3. The molecule has 0 saturated carbocycles. The minimum absolute atomic E-state index is 0.270. The topological polar surface area (TPSA) is 72.0 Å². The normalized spacial score (nSPS) is 11.4. The third-order valence-electron chi connectivity index (χ3n) is 5.52. The lowest BCUT2D eigenvalue weighted by molar-refractivity contribution is 0.284. The molecule has 4 heteroatoms. The molecular formula is C25H27N3O. The van der Waals surface area contributed by atoms with Gasteiger partial charge in [-0.2, -0.15) is 0 Å². The van der Waals surface area contributed by atoms with Crippen LogP contribution in [0.3, 0.4) is 0 Å². The third-order valence-corrected chi connectivity index (χ3v) is 5.52. The number of pyridine rings is 2. The Kier molecular flexibility index (Phi) is 5.72. The van der Waals surface area contributed by atoms with Gasteiger partial charge in [0.25, 0.3) is 0 Å². The Bertz CT molecular complexity index is 1140. The number of benzene rings is 2. The van der Waals surface area contributed by atoms with E-state index in [4.69, 9.17) is 10.8 Å². The first-order valence-corrected chi connectivity index (χ1v) is 10.3. The van der Waals surface area contributed by atoms with Crippen LogP contribution in [0.15, 0.2) is 54.7 Å². The van der Waals surface area contributed by atoms with E-state index < -0.39 is 0 Å². The molecule has 4 nitrogen and oxygen atoms in total. The van der Waals surface area contributed by atoms with Crippen LogP contribution in [0.2, 0.25) is 0 Å². The van der Waals surface area contributed by atoms with Crippen LogP contribution in [-0.2, 0) is 19.3 Å². The third kappa shape index (κ3) is 4.22. The molecular weight excluding hydrogens is 358 g/mol. The SMILES string of the molecule is Cc1ccc2c(c1)nc(N)c1nccc(CCc3ccc(CCCCO)cc3)c12. The van der Waals surface area contributed by atoms with Crippen LogP contribution in [0.25, 0.3) is 21.8 Å². The van der Waals surface area contributed by atoms with Gasteiger partial charge in [-0.15, -0.1) is 0 Å². The molecule has 0 bridgehead atoms. The van der Waals surface area contributed by atoms with E-state index in [1.165, 1.54) is 22.3 Å². The van der Waals surface area contributed by atoms with E-state index in [0.717, 1.165) is 53.9 Å². The van der Waals surface area contributed by atoms with Gasteiger partial charge in [-0.1, -0.05) is 36.4 Å². The number of aliphatic hydroxyl groups is 1. The predicted molar refractivity (Wildman–Crippen MR) is 120 cm³/mol. The fourth-order valence-electron chi connectivity index (χ4n) is 3.93. The molecule has 4 aromatic rings. The second-order valence-electron chi connectivity index (χ2n) is 7.71. The highest BCUT2D eigenvalue weighted by atomic mass is 16.2. The minimum atomic E-state index is 0.270. The van der Waals surface area contributed by atoms with E-state index in [1.54, 1.807) is 0 Å². The highest BCUT2D eigenvalue weighted by Gasteiger charge is 2.12. The Morgan fingerprint density at radius 2 is 1.66 bits per heavy atom. The number of hydrogen-bond donors (Lipinski definition) is 2. The largest absolute Gasteiger partial charge is 0.396 e. The van der Waals surface area contributed by atoms with Crippen LogP contribution in [0.4, 0.5) is 5.82 Å². The van der Waals surface area contributed by atoms with Gasteiger partial charge in [0.2, 0.25) is 0 Å². The molecule has 0 aliphatic rings. The van der Waals surface area contributed by atoms with Crippen molar-refractivity contribution in [3.05, 3.63) is 77.0 Å². The Hall–Kier alpha value is -2.98. The summed E-state index contributed by atoms with van der Waals surface area (Å²) in [6.07, 6.45) is 6.64. The molecule has 0 aliphatic heterocycles. The second-order valence-corrected chi connectivity index (χ2v) is 7.71. The molecule has 0 amide bonds. The van der Waals surface area contributed by atoms with E-state index in [9.17, 15) is 0 Å². The highest BCUT2D eigenvalue weighted by molar-refractivity contribution is 6.09. The van der Waals surface area contributed by atoms with Gasteiger partial charge in [-0.25, -0.2) is 4.98 Å². The smallest absolute Gasteiger partial charge is 0.150 e. The number of nitrogens with zero attached hydrogens (tertiary/aromatic N) is 2. The van der Waals surface area contributed by atoms with Crippen molar-refractivity contribution in [3.63, 3.8) is 0 Å². The van der Waals surface area contributed by atoms with Crippen LogP contribution in [0, 0.1) is 6.92 Å². The summed E-state index contributed by atoms with van der Waals surface area (Å²) in [5.41, 5.74) is 13.0. The zero-order valence-electron chi connectivity index (χ0n) is 16.9. The number of unbranched alkanes of at least 4 members (excludes halogenated alkanes) is 1. The molecule has 0 saturated heterocycles. The Labute approximate surface area is 171 Å². The first kappa shape index (κ1) is 19.3. The number of nitrogens with two attached hydrogens (primary N) is 1. The molecule has 148 valence electrons. The maximum Gasteiger partial charge on any atom is 0.150 e. The first-order chi connectivity index (χ1) is 14.2. The van der Waals surface area contributed by atoms with Crippen molar-refractivity contribution < 1.29 is 5.11 Å². The first-order valence-electron chi connectivity index (χ1n) is 10.3. The van der Waals surface area contributed by atoms with E-state index in [2.05, 4.69) is 65.4 Å². The minimum Gasteiger partial charge on any atom is -0.396 e. The van der Waals surface area contributed by atoms with Crippen molar-refractivity contribution in [2.45, 2.75) is 39.0 Å². The van der Waals surface area contributed by atoms with Crippen molar-refractivity contribution in [3.8, 4) is 0 Å². The average Bonchev–Trinajstić information content (AvgIpc) is 2.73. The summed E-state index contributed by atoms with van der Waals surface area (Å²) in [5, 5.41) is 11.2. The molecule has 0 spiro atoms. The van der Waals surface area contributed by atoms with Gasteiger partial charge in [0.05, 0.1) is 5.52 Å². The number of anilines is 1. The van der Waals surface area contributed by atoms with Crippen LogP contribution < -0.4 is 5.73 Å². The molecule has 4 rings (SSSR count). The average molecular weight is 386 g/mol. The van der Waals surface area contributed by atoms with E-state index >= 15 is 0 Å². The lowest BCUT2D eigenvalue weighted by atomic mass is 9.97. The van der Waals surface area contributed by atoms with Gasteiger partial charge in [0.15, 0.2) is 5.82 Å². The molecule has 0 aliphatic carbocycles. The second kappa shape index (κ2) is 8.58. The fraction of sp³-hybridized carbons (Fsp3) is 0.280. The molecule has 2 aromatic heterocycles. The molecule has 0 fully saturated rings. The number of nitrogen functional groups attached to an aromatic ring is 1. The van der Waals surface area contributed by atoms with Crippen LogP contribution in [0.1, 0.15) is 35.1 Å². The Morgan fingerprint density at radius 3 is 2.41 bits per heavy atom. The fourth-order valence-corrected chi connectivity index (χ4v) is 3.93. The van der Waals surface area contributed by atoms with Gasteiger partial charge >= 0.3 is 0 Å². The van der Waals surface area contributed by atoms with Crippen molar-refractivity contribution in [1.82, 2.24) is 9.97 Å². The van der Waals surface area contributed by atoms with E-state index in [1.807, 2.05) is 6.20 Å². The van der Waals surface area contributed by atoms with Gasteiger partial charge in [0, 0.05) is 23.6 Å². The van der Waals surface area contributed by atoms with Crippen molar-refractivity contribution in [2.24, 2.45) is 0 Å². The van der Waals surface area contributed by atoms with Gasteiger partial charge in [-0.05, 0) is 73.4 Å². The molecule has 0 unspecified atom stereocenters. The molecule has 3 N–H and O–H groups in total. The quantitative estimate of drug-likeness (QED) is 0.355. The van der Waals surface area contributed by atoms with Crippen LogP contribution in [-0.4, -0.2) is 21.7 Å². The predicted octanol–water partition coefficient (Wildman–Crippen LogP) is 4.77. The molecule has 2 heterocycles. The van der Waals surface area contributed by atoms with E-state index in [-0.39, 0.29) is 6.61 Å². The Morgan fingerprint density at radius 1 is 0.897 bits per heavy atom. The number of aliphatic hydroxyl groups excluding tert-OH is 1. The molecule has 0 atom stereocenters. The summed E-state index contributed by atoms with van der Waals surface area (Å²) in [6.45, 7) is 2.34. The number of aryl methyl sites for hydroxylation is 4. The van der Waals surface area contributed by atoms with E-state index in [0.29, 0.717) is 5.82 Å². The van der Waals surface area contributed by atoms with Gasteiger partial charge in [-0.3, -0.25) is 4.98 Å². The molecule has 29 heavy (non-hydrogen) atoms. The summed E-state index contributed by atoms with van der Waals surface area (Å²) in [7, 11) is 0. The highest BCUT2D eigenvalue weighted by Crippen LogP contribution is 2.30. The van der Waals surface area contributed by atoms with Crippen LogP contribution in [0.5, 0.6) is 0 Å². The summed E-state index contributed by atoms with van der Waals surface area (Å²) >= 11 is 0. The zero-order valence-corrected chi connectivity index (χ0v) is 16.9. The summed E-state index contributed by atoms with van der Waals surface area (Å²) < 4.78 is 0. The van der Waals surface area contributed by atoms with Crippen molar-refractivity contribution in [1.29, 1.82) is 0 Å². The lowest BCUT2D eigenvalue weighted by Crippen LogP contribution is -2.00. The number of rotatable bonds is 7.